The Labute approximate surface area is 156 Å². The van der Waals surface area contributed by atoms with Gasteiger partial charge >= 0.3 is 5.69 Å². The maximum Gasteiger partial charge on any atom is 0.330 e. The number of aromatic nitrogens is 2. The summed E-state index contributed by atoms with van der Waals surface area (Å²) in [5.74, 6) is 0. The zero-order chi connectivity index (χ0) is 20.8. The Morgan fingerprint density at radius 3 is 2.14 bits per heavy atom. The first-order chi connectivity index (χ1) is 13.2. The number of aliphatic hydroxyl groups excluding tert-OH is 7. The van der Waals surface area contributed by atoms with E-state index in [-0.39, 0.29) is 0 Å². The van der Waals surface area contributed by atoms with Gasteiger partial charge in [0, 0.05) is 12.3 Å². The minimum absolute atomic E-state index is 0.644. The standard InChI is InChI=1S/C15H22N2O11/c18-3-5-8(21)10(23)11(24)13(27-5)15(12(25)9(22)6(4-19)28-15)17-2-1-7(20)16-14(17)26/h1-2,5-6,8-13,18-19,21-25H,3-4H2,(H,16,20,26)/t5-,6-,8+,9-,10+,11-,12-,13-,15+/m1/s1. The fraction of sp³-hybridized carbons (Fsp3) is 0.733. The average molecular weight is 406 g/mol. The van der Waals surface area contributed by atoms with Gasteiger partial charge in [-0.3, -0.25) is 14.3 Å². The minimum Gasteiger partial charge on any atom is -0.394 e. The fourth-order valence-electron chi connectivity index (χ4n) is 3.68. The third-order valence-corrected chi connectivity index (χ3v) is 5.15. The maximum atomic E-state index is 12.4. The second-order valence-electron chi connectivity index (χ2n) is 6.76. The van der Waals surface area contributed by atoms with Crippen molar-refractivity contribution in [2.24, 2.45) is 0 Å². The normalized spacial score (nSPS) is 44.0. The maximum absolute atomic E-state index is 12.4. The summed E-state index contributed by atoms with van der Waals surface area (Å²) >= 11 is 0. The summed E-state index contributed by atoms with van der Waals surface area (Å²) in [5, 5.41) is 70.3. The number of nitrogens with zero attached hydrogens (tertiary/aromatic N) is 1. The van der Waals surface area contributed by atoms with E-state index in [0.29, 0.717) is 4.57 Å². The molecule has 28 heavy (non-hydrogen) atoms. The molecule has 0 saturated carbocycles. The Morgan fingerprint density at radius 1 is 0.964 bits per heavy atom. The lowest BCUT2D eigenvalue weighted by atomic mass is 9.86. The number of aliphatic hydroxyl groups is 7. The van der Waals surface area contributed by atoms with Gasteiger partial charge in [0.05, 0.1) is 13.2 Å². The van der Waals surface area contributed by atoms with E-state index >= 15 is 0 Å². The highest BCUT2D eigenvalue weighted by Gasteiger charge is 2.65. The molecule has 8 N–H and O–H groups in total. The van der Waals surface area contributed by atoms with Gasteiger partial charge in [0.25, 0.3) is 5.56 Å². The predicted molar refractivity (Wildman–Crippen MR) is 87.0 cm³/mol. The smallest absolute Gasteiger partial charge is 0.330 e. The molecule has 0 aliphatic carbocycles. The van der Waals surface area contributed by atoms with E-state index in [1.165, 1.54) is 0 Å². The highest BCUT2D eigenvalue weighted by molar-refractivity contribution is 5.10. The van der Waals surface area contributed by atoms with Crippen molar-refractivity contribution < 1.29 is 45.2 Å². The van der Waals surface area contributed by atoms with Gasteiger partial charge in [0.1, 0.15) is 48.8 Å². The molecule has 2 aliphatic heterocycles. The monoisotopic (exact) mass is 406 g/mol. The van der Waals surface area contributed by atoms with Crippen LogP contribution in [0.2, 0.25) is 0 Å². The van der Waals surface area contributed by atoms with Crippen molar-refractivity contribution in [2.75, 3.05) is 13.2 Å². The SMILES string of the molecule is O=c1ccn([C@]2([C@@H]3O[C@H](CO)[C@H](O)[C@H](O)[C@H]3O)O[C@H](CO)[C@@H](O)[C@H]2O)c(=O)[nH]1. The molecule has 158 valence electrons. The number of aromatic amines is 1. The molecule has 13 heteroatoms. The third-order valence-electron chi connectivity index (χ3n) is 5.15. The summed E-state index contributed by atoms with van der Waals surface area (Å²) in [4.78, 5) is 25.7. The van der Waals surface area contributed by atoms with Crippen LogP contribution in [0.15, 0.2) is 21.9 Å². The Kier molecular flexibility index (Phi) is 5.73. The fourth-order valence-corrected chi connectivity index (χ4v) is 3.68. The number of hydrogen-bond donors (Lipinski definition) is 8. The van der Waals surface area contributed by atoms with E-state index in [0.717, 1.165) is 12.3 Å². The number of hydrogen-bond acceptors (Lipinski definition) is 11. The van der Waals surface area contributed by atoms with Crippen LogP contribution in [0, 0.1) is 0 Å². The first-order valence-corrected chi connectivity index (χ1v) is 8.46. The number of ether oxygens (including phenoxy) is 2. The van der Waals surface area contributed by atoms with Gasteiger partial charge in [0.15, 0.2) is 0 Å². The molecule has 2 aliphatic rings. The number of rotatable bonds is 4. The van der Waals surface area contributed by atoms with Crippen LogP contribution in [0.25, 0.3) is 0 Å². The van der Waals surface area contributed by atoms with Gasteiger partial charge in [-0.05, 0) is 0 Å². The van der Waals surface area contributed by atoms with E-state index in [1.54, 1.807) is 0 Å². The second kappa shape index (κ2) is 7.62. The Balaban J connectivity index is 2.20. The molecule has 9 atom stereocenters. The van der Waals surface area contributed by atoms with Crippen molar-refractivity contribution in [3.05, 3.63) is 33.1 Å². The molecule has 3 rings (SSSR count). The largest absolute Gasteiger partial charge is 0.394 e. The van der Waals surface area contributed by atoms with Gasteiger partial charge in [-0.1, -0.05) is 0 Å². The van der Waals surface area contributed by atoms with E-state index in [2.05, 4.69) is 0 Å². The molecule has 1 aromatic rings. The Hall–Kier alpha value is -1.68. The molecular weight excluding hydrogens is 384 g/mol. The molecule has 13 nitrogen and oxygen atoms in total. The average Bonchev–Trinajstić information content (AvgIpc) is 2.92. The quantitative estimate of drug-likeness (QED) is 0.236. The lowest BCUT2D eigenvalue weighted by Gasteiger charge is -2.48. The third kappa shape index (κ3) is 3.01. The lowest BCUT2D eigenvalue weighted by Crippen LogP contribution is -2.69. The molecule has 2 fully saturated rings. The van der Waals surface area contributed by atoms with E-state index in [1.807, 2.05) is 4.98 Å². The lowest BCUT2D eigenvalue weighted by molar-refractivity contribution is -0.310. The summed E-state index contributed by atoms with van der Waals surface area (Å²) < 4.78 is 11.6. The van der Waals surface area contributed by atoms with Crippen LogP contribution >= 0.6 is 0 Å². The Bertz CT molecular complexity index is 810. The molecular formula is C15H22N2O11. The van der Waals surface area contributed by atoms with E-state index < -0.39 is 79.0 Å². The van der Waals surface area contributed by atoms with Crippen LogP contribution in [0.5, 0.6) is 0 Å². The van der Waals surface area contributed by atoms with Crippen molar-refractivity contribution in [3.63, 3.8) is 0 Å². The molecule has 0 bridgehead atoms. The molecule has 0 amide bonds. The van der Waals surface area contributed by atoms with Crippen molar-refractivity contribution in [1.82, 2.24) is 9.55 Å². The van der Waals surface area contributed by atoms with Crippen LogP contribution < -0.4 is 11.2 Å². The molecule has 0 aromatic carbocycles. The van der Waals surface area contributed by atoms with Crippen LogP contribution in [-0.4, -0.2) is 107 Å². The van der Waals surface area contributed by atoms with Crippen molar-refractivity contribution in [2.45, 2.75) is 54.6 Å². The van der Waals surface area contributed by atoms with Gasteiger partial charge < -0.3 is 45.2 Å². The first kappa shape index (κ1) is 21.0. The van der Waals surface area contributed by atoms with Crippen molar-refractivity contribution >= 4 is 0 Å². The zero-order valence-electron chi connectivity index (χ0n) is 14.4. The number of nitrogens with one attached hydrogen (secondary N) is 1. The summed E-state index contributed by atoms with van der Waals surface area (Å²) in [6, 6.07) is 0.905. The van der Waals surface area contributed by atoms with Crippen LogP contribution in [-0.2, 0) is 15.2 Å². The second-order valence-corrected chi connectivity index (χ2v) is 6.76. The summed E-state index contributed by atoms with van der Waals surface area (Å²) in [6.07, 6.45) is -13.0. The molecule has 0 radical (unpaired) electrons. The zero-order valence-corrected chi connectivity index (χ0v) is 14.4. The molecule has 0 unspecified atom stereocenters. The van der Waals surface area contributed by atoms with Crippen LogP contribution in [0.1, 0.15) is 0 Å². The van der Waals surface area contributed by atoms with E-state index in [9.17, 15) is 45.3 Å². The van der Waals surface area contributed by atoms with Gasteiger partial charge in [0.2, 0.25) is 5.72 Å². The van der Waals surface area contributed by atoms with Crippen molar-refractivity contribution in [1.29, 1.82) is 0 Å². The van der Waals surface area contributed by atoms with E-state index in [4.69, 9.17) is 9.47 Å². The topological polar surface area (TPSA) is 215 Å². The summed E-state index contributed by atoms with van der Waals surface area (Å²) in [6.45, 7) is -1.57. The summed E-state index contributed by atoms with van der Waals surface area (Å²) in [7, 11) is 0. The molecule has 2 saturated heterocycles. The highest BCUT2D eigenvalue weighted by atomic mass is 16.6. The minimum atomic E-state index is -2.41. The molecule has 0 spiro atoms. The highest BCUT2D eigenvalue weighted by Crippen LogP contribution is 2.42. The number of H-pyrrole nitrogens is 1. The van der Waals surface area contributed by atoms with Crippen LogP contribution in [0.3, 0.4) is 0 Å². The van der Waals surface area contributed by atoms with Gasteiger partial charge in [-0.2, -0.15) is 0 Å². The first-order valence-electron chi connectivity index (χ1n) is 8.46. The Morgan fingerprint density at radius 2 is 1.61 bits per heavy atom. The van der Waals surface area contributed by atoms with Gasteiger partial charge in [-0.25, -0.2) is 4.79 Å². The predicted octanol–water partition coefficient (Wildman–Crippen LogP) is -5.86. The van der Waals surface area contributed by atoms with Gasteiger partial charge in [-0.15, -0.1) is 0 Å². The van der Waals surface area contributed by atoms with Crippen molar-refractivity contribution in [3.8, 4) is 0 Å². The summed E-state index contributed by atoms with van der Waals surface area (Å²) in [5.41, 5.74) is -4.30. The molecule has 3 heterocycles. The molecule has 1 aromatic heterocycles. The van der Waals surface area contributed by atoms with Crippen LogP contribution in [0.4, 0.5) is 0 Å².